The lowest BCUT2D eigenvalue weighted by Crippen LogP contribution is -2.49. The molecule has 1 amide bonds. The molecule has 0 N–H and O–H groups in total. The van der Waals surface area contributed by atoms with Gasteiger partial charge in [0.2, 0.25) is 10.0 Å². The van der Waals surface area contributed by atoms with Crippen molar-refractivity contribution >= 4 is 21.9 Å². The number of likely N-dealkylation sites (tertiary alicyclic amines) is 1. The molecule has 32 heavy (non-hydrogen) atoms. The molecule has 2 fully saturated rings. The van der Waals surface area contributed by atoms with Gasteiger partial charge in [0.25, 0.3) is 5.91 Å². The third-order valence-electron chi connectivity index (χ3n) is 6.51. The first-order valence-electron chi connectivity index (χ1n) is 11.4. The SMILES string of the molecule is CCC1CCCCN1C(=O)C(C)OC(=O)C1CCN(S(=O)(=O)c2ccc(OC)cc2)CC1. The van der Waals surface area contributed by atoms with Gasteiger partial charge in [0, 0.05) is 25.7 Å². The fourth-order valence-corrected chi connectivity index (χ4v) is 5.97. The average Bonchev–Trinajstić information content (AvgIpc) is 2.83. The van der Waals surface area contributed by atoms with E-state index < -0.39 is 28.0 Å². The maximum Gasteiger partial charge on any atom is 0.309 e. The Morgan fingerprint density at radius 3 is 2.31 bits per heavy atom. The summed E-state index contributed by atoms with van der Waals surface area (Å²) in [6, 6.07) is 6.48. The first-order valence-corrected chi connectivity index (χ1v) is 12.9. The molecule has 2 unspecified atom stereocenters. The van der Waals surface area contributed by atoms with Crippen LogP contribution in [-0.2, 0) is 24.3 Å². The van der Waals surface area contributed by atoms with Gasteiger partial charge in [-0.15, -0.1) is 0 Å². The van der Waals surface area contributed by atoms with Crippen LogP contribution >= 0.6 is 0 Å². The zero-order valence-corrected chi connectivity index (χ0v) is 20.0. The number of carbonyl (C=O) groups is 2. The molecule has 2 aliphatic rings. The van der Waals surface area contributed by atoms with E-state index in [9.17, 15) is 18.0 Å². The highest BCUT2D eigenvalue weighted by Gasteiger charge is 2.35. The number of carbonyl (C=O) groups excluding carboxylic acids is 2. The molecule has 0 radical (unpaired) electrons. The molecular formula is C23H34N2O6S. The minimum Gasteiger partial charge on any atom is -0.497 e. The molecule has 1 aromatic rings. The molecule has 0 aliphatic carbocycles. The molecule has 178 valence electrons. The van der Waals surface area contributed by atoms with E-state index in [0.29, 0.717) is 25.1 Å². The highest BCUT2D eigenvalue weighted by Crippen LogP contribution is 2.27. The maximum atomic E-state index is 12.9. The van der Waals surface area contributed by atoms with E-state index in [4.69, 9.17) is 9.47 Å². The van der Waals surface area contributed by atoms with Gasteiger partial charge in [0.15, 0.2) is 6.10 Å². The van der Waals surface area contributed by atoms with Crippen LogP contribution in [0.15, 0.2) is 29.2 Å². The molecule has 2 atom stereocenters. The Morgan fingerprint density at radius 1 is 1.06 bits per heavy atom. The molecule has 0 aromatic heterocycles. The van der Waals surface area contributed by atoms with E-state index in [1.54, 1.807) is 19.1 Å². The van der Waals surface area contributed by atoms with Crippen molar-refractivity contribution in [2.75, 3.05) is 26.7 Å². The summed E-state index contributed by atoms with van der Waals surface area (Å²) in [4.78, 5) is 27.5. The number of benzene rings is 1. The second kappa shape index (κ2) is 10.7. The summed E-state index contributed by atoms with van der Waals surface area (Å²) in [6.45, 7) is 4.88. The lowest BCUT2D eigenvalue weighted by atomic mass is 9.98. The summed E-state index contributed by atoms with van der Waals surface area (Å²) < 4.78 is 37.8. The van der Waals surface area contributed by atoms with Gasteiger partial charge in [0.1, 0.15) is 5.75 Å². The molecule has 0 bridgehead atoms. The number of esters is 1. The Kier molecular flexibility index (Phi) is 8.16. The third-order valence-corrected chi connectivity index (χ3v) is 8.42. The number of piperidine rings is 2. The van der Waals surface area contributed by atoms with Crippen LogP contribution in [0.2, 0.25) is 0 Å². The average molecular weight is 467 g/mol. The zero-order valence-electron chi connectivity index (χ0n) is 19.2. The largest absolute Gasteiger partial charge is 0.497 e. The van der Waals surface area contributed by atoms with Gasteiger partial charge in [-0.1, -0.05) is 6.92 Å². The van der Waals surface area contributed by atoms with E-state index in [-0.39, 0.29) is 29.9 Å². The normalized spacial score (nSPS) is 21.7. The first-order chi connectivity index (χ1) is 15.3. The number of amides is 1. The van der Waals surface area contributed by atoms with E-state index >= 15 is 0 Å². The molecule has 8 nitrogen and oxygen atoms in total. The number of hydrogen-bond donors (Lipinski definition) is 0. The Bertz CT molecular complexity index is 894. The van der Waals surface area contributed by atoms with Gasteiger partial charge < -0.3 is 14.4 Å². The number of hydrogen-bond acceptors (Lipinski definition) is 6. The Morgan fingerprint density at radius 2 is 1.72 bits per heavy atom. The van der Waals surface area contributed by atoms with Crippen molar-refractivity contribution in [2.45, 2.75) is 69.4 Å². The van der Waals surface area contributed by atoms with Crippen LogP contribution in [0, 0.1) is 5.92 Å². The highest BCUT2D eigenvalue weighted by atomic mass is 32.2. The molecule has 3 rings (SSSR count). The van der Waals surface area contributed by atoms with Gasteiger partial charge in [0.05, 0.1) is 17.9 Å². The van der Waals surface area contributed by atoms with E-state index in [2.05, 4.69) is 6.92 Å². The smallest absolute Gasteiger partial charge is 0.309 e. The Labute approximate surface area is 190 Å². The molecule has 1 aromatic carbocycles. The lowest BCUT2D eigenvalue weighted by Gasteiger charge is -2.37. The van der Waals surface area contributed by atoms with Crippen LogP contribution in [0.1, 0.15) is 52.4 Å². The van der Waals surface area contributed by atoms with Crippen molar-refractivity contribution in [1.29, 1.82) is 0 Å². The van der Waals surface area contributed by atoms with E-state index in [1.165, 1.54) is 23.5 Å². The summed E-state index contributed by atoms with van der Waals surface area (Å²) in [5, 5.41) is 0. The number of rotatable bonds is 7. The van der Waals surface area contributed by atoms with Crippen molar-refractivity contribution in [3.05, 3.63) is 24.3 Å². The first kappa shape index (κ1) is 24.5. The molecule has 0 saturated carbocycles. The predicted molar refractivity (Wildman–Crippen MR) is 120 cm³/mol. The van der Waals surface area contributed by atoms with Gasteiger partial charge in [-0.05, 0) is 69.7 Å². The Balaban J connectivity index is 1.54. The van der Waals surface area contributed by atoms with Gasteiger partial charge in [-0.3, -0.25) is 9.59 Å². The van der Waals surface area contributed by atoms with E-state index in [0.717, 1.165) is 25.7 Å². The van der Waals surface area contributed by atoms with Crippen LogP contribution in [0.3, 0.4) is 0 Å². The predicted octanol–water partition coefficient (Wildman–Crippen LogP) is 2.82. The highest BCUT2D eigenvalue weighted by molar-refractivity contribution is 7.89. The summed E-state index contributed by atoms with van der Waals surface area (Å²) in [5.74, 6) is -0.374. The fraction of sp³-hybridized carbons (Fsp3) is 0.652. The monoisotopic (exact) mass is 466 g/mol. The molecule has 0 spiro atoms. The fourth-order valence-electron chi connectivity index (χ4n) is 4.50. The number of methoxy groups -OCH3 is 1. The van der Waals surface area contributed by atoms with Gasteiger partial charge in [-0.25, -0.2) is 8.42 Å². The van der Waals surface area contributed by atoms with Crippen molar-refractivity contribution in [1.82, 2.24) is 9.21 Å². The topological polar surface area (TPSA) is 93.2 Å². The number of ether oxygens (including phenoxy) is 2. The number of nitrogens with zero attached hydrogens (tertiary/aromatic N) is 2. The van der Waals surface area contributed by atoms with Gasteiger partial charge >= 0.3 is 5.97 Å². The molecular weight excluding hydrogens is 432 g/mol. The van der Waals surface area contributed by atoms with Crippen LogP contribution in [-0.4, -0.2) is 68.4 Å². The second-order valence-electron chi connectivity index (χ2n) is 8.52. The number of sulfonamides is 1. The van der Waals surface area contributed by atoms with Crippen molar-refractivity contribution in [3.8, 4) is 5.75 Å². The maximum absolute atomic E-state index is 12.9. The molecule has 2 aliphatic heterocycles. The molecule has 9 heteroatoms. The minimum absolute atomic E-state index is 0.135. The van der Waals surface area contributed by atoms with Crippen LogP contribution in [0.4, 0.5) is 0 Å². The van der Waals surface area contributed by atoms with Crippen LogP contribution in [0.25, 0.3) is 0 Å². The third kappa shape index (κ3) is 5.43. The lowest BCUT2D eigenvalue weighted by molar-refractivity contribution is -0.165. The van der Waals surface area contributed by atoms with Gasteiger partial charge in [-0.2, -0.15) is 4.31 Å². The van der Waals surface area contributed by atoms with Crippen molar-refractivity contribution in [3.63, 3.8) is 0 Å². The quantitative estimate of drug-likeness (QED) is 0.574. The standard InChI is InChI=1S/C23H34N2O6S/c1-4-19-7-5-6-14-25(19)22(26)17(2)31-23(27)18-12-15-24(16-13-18)32(28,29)21-10-8-20(30-3)9-11-21/h8-11,17-19H,4-7,12-16H2,1-3H3. The second-order valence-corrected chi connectivity index (χ2v) is 10.5. The van der Waals surface area contributed by atoms with Crippen LogP contribution in [0.5, 0.6) is 5.75 Å². The van der Waals surface area contributed by atoms with E-state index in [1.807, 2.05) is 4.90 Å². The van der Waals surface area contributed by atoms with Crippen molar-refractivity contribution in [2.24, 2.45) is 5.92 Å². The summed E-state index contributed by atoms with van der Waals surface area (Å²) in [7, 11) is -2.11. The summed E-state index contributed by atoms with van der Waals surface area (Å²) >= 11 is 0. The van der Waals surface area contributed by atoms with Crippen molar-refractivity contribution < 1.29 is 27.5 Å². The summed E-state index contributed by atoms with van der Waals surface area (Å²) in [5.41, 5.74) is 0. The zero-order chi connectivity index (χ0) is 23.3. The summed E-state index contributed by atoms with van der Waals surface area (Å²) in [6.07, 6.45) is 3.90. The molecule has 2 saturated heterocycles. The van der Waals surface area contributed by atoms with Crippen LogP contribution < -0.4 is 4.74 Å². The molecule has 2 heterocycles. The Hall–Kier alpha value is -2.13. The minimum atomic E-state index is -3.63.